The lowest BCUT2D eigenvalue weighted by atomic mass is 9.90. The Morgan fingerprint density at radius 3 is 2.50 bits per heavy atom. The Morgan fingerprint density at radius 1 is 1.21 bits per heavy atom. The monoisotopic (exact) mass is 330 g/mol. The zero-order chi connectivity index (χ0) is 17.9. The summed E-state index contributed by atoms with van der Waals surface area (Å²) in [7, 11) is 0. The van der Waals surface area contributed by atoms with Crippen molar-refractivity contribution in [1.82, 2.24) is 4.90 Å². The van der Waals surface area contributed by atoms with E-state index in [1.807, 2.05) is 43.9 Å². The van der Waals surface area contributed by atoms with Gasteiger partial charge in [0, 0.05) is 24.2 Å². The van der Waals surface area contributed by atoms with E-state index >= 15 is 0 Å². The van der Waals surface area contributed by atoms with Crippen LogP contribution < -0.4 is 5.32 Å². The largest absolute Gasteiger partial charge is 0.341 e. The minimum Gasteiger partial charge on any atom is -0.341 e. The van der Waals surface area contributed by atoms with Gasteiger partial charge in [-0.25, -0.2) is 0 Å². The first-order valence-corrected chi connectivity index (χ1v) is 8.89. The van der Waals surface area contributed by atoms with E-state index in [4.69, 9.17) is 0 Å². The molecule has 2 amide bonds. The number of hydrogen-bond acceptors (Lipinski definition) is 2. The van der Waals surface area contributed by atoms with E-state index in [1.165, 1.54) is 0 Å². The summed E-state index contributed by atoms with van der Waals surface area (Å²) in [5.41, 5.74) is 1.63. The fraction of sp³-hybridized carbons (Fsp3) is 0.600. The normalized spacial score (nSPS) is 18.6. The van der Waals surface area contributed by atoms with Crippen molar-refractivity contribution in [2.24, 2.45) is 11.3 Å². The summed E-state index contributed by atoms with van der Waals surface area (Å²) in [5, 5.41) is 3.08. The second kappa shape index (κ2) is 7.37. The molecule has 0 unspecified atom stereocenters. The minimum atomic E-state index is -0.400. The molecule has 1 aromatic rings. The van der Waals surface area contributed by atoms with Gasteiger partial charge >= 0.3 is 0 Å². The molecule has 2 rings (SSSR count). The van der Waals surface area contributed by atoms with Crippen molar-refractivity contribution < 1.29 is 9.59 Å². The van der Waals surface area contributed by atoms with Crippen molar-refractivity contribution in [2.45, 2.75) is 53.4 Å². The van der Waals surface area contributed by atoms with Gasteiger partial charge < -0.3 is 10.2 Å². The lowest BCUT2D eigenvalue weighted by molar-refractivity contribution is -0.142. The van der Waals surface area contributed by atoms with E-state index in [0.29, 0.717) is 12.5 Å². The van der Waals surface area contributed by atoms with Gasteiger partial charge in [-0.2, -0.15) is 0 Å². The third-order valence-electron chi connectivity index (χ3n) is 4.56. The summed E-state index contributed by atoms with van der Waals surface area (Å²) in [6.45, 7) is 11.3. The van der Waals surface area contributed by atoms with Crippen LogP contribution in [0.15, 0.2) is 24.3 Å². The number of carbonyl (C=O) groups is 2. The molecule has 1 heterocycles. The maximum absolute atomic E-state index is 12.7. The molecule has 1 aliphatic rings. The Kier molecular flexibility index (Phi) is 5.68. The summed E-state index contributed by atoms with van der Waals surface area (Å²) in [4.78, 5) is 27.0. The summed E-state index contributed by atoms with van der Waals surface area (Å²) in [5.74, 6) is 0.370. The molecule has 0 aromatic heterocycles. The number of nitrogens with zero attached hydrogens (tertiary/aromatic N) is 1. The zero-order valence-corrected chi connectivity index (χ0v) is 15.6. The molecule has 0 spiro atoms. The van der Waals surface area contributed by atoms with Crippen LogP contribution in [-0.2, 0) is 9.59 Å². The maximum atomic E-state index is 12.7. The van der Waals surface area contributed by atoms with Crippen LogP contribution in [0.5, 0.6) is 0 Å². The maximum Gasteiger partial charge on any atom is 0.229 e. The number of hydrogen-bond donors (Lipinski definition) is 1. The van der Waals surface area contributed by atoms with Crippen molar-refractivity contribution in [1.29, 1.82) is 0 Å². The van der Waals surface area contributed by atoms with E-state index < -0.39 is 5.41 Å². The van der Waals surface area contributed by atoms with Gasteiger partial charge in [0.05, 0.1) is 5.92 Å². The third-order valence-corrected chi connectivity index (χ3v) is 4.56. The number of nitrogens with one attached hydrogen (secondary N) is 1. The summed E-state index contributed by atoms with van der Waals surface area (Å²) in [6, 6.07) is 7.94. The molecule has 132 valence electrons. The Morgan fingerprint density at radius 2 is 1.88 bits per heavy atom. The number of benzene rings is 1. The van der Waals surface area contributed by atoms with Crippen molar-refractivity contribution in [2.75, 3.05) is 18.4 Å². The first-order chi connectivity index (χ1) is 11.2. The Bertz CT molecular complexity index is 602. The van der Waals surface area contributed by atoms with Gasteiger partial charge in [-0.15, -0.1) is 0 Å². The fourth-order valence-corrected chi connectivity index (χ4v) is 3.20. The number of amides is 2. The SMILES string of the molecule is CC(C)c1ccccc1NC(=O)[C@H]1CCCN(C(=O)C(C)(C)C)C1. The lowest BCUT2D eigenvalue weighted by Gasteiger charge is -2.36. The van der Waals surface area contributed by atoms with Gasteiger partial charge in [-0.3, -0.25) is 9.59 Å². The molecule has 0 aliphatic carbocycles. The molecule has 0 radical (unpaired) electrons. The molecule has 1 saturated heterocycles. The second-order valence-electron chi connectivity index (χ2n) is 8.07. The molecule has 1 N–H and O–H groups in total. The predicted molar refractivity (Wildman–Crippen MR) is 97.9 cm³/mol. The molecule has 24 heavy (non-hydrogen) atoms. The molecule has 1 atom stereocenters. The van der Waals surface area contributed by atoms with Crippen LogP contribution in [0.2, 0.25) is 0 Å². The number of rotatable bonds is 3. The van der Waals surface area contributed by atoms with Crippen molar-refractivity contribution in [3.05, 3.63) is 29.8 Å². The molecule has 1 aromatic carbocycles. The van der Waals surface area contributed by atoms with Crippen LogP contribution in [-0.4, -0.2) is 29.8 Å². The summed E-state index contributed by atoms with van der Waals surface area (Å²) in [6.07, 6.45) is 1.72. The average Bonchev–Trinajstić information content (AvgIpc) is 2.53. The van der Waals surface area contributed by atoms with Crippen LogP contribution in [0.4, 0.5) is 5.69 Å². The van der Waals surface area contributed by atoms with Gasteiger partial charge in [0.1, 0.15) is 0 Å². The van der Waals surface area contributed by atoms with Gasteiger partial charge in [0.15, 0.2) is 0 Å². The lowest BCUT2D eigenvalue weighted by Crippen LogP contribution is -2.47. The van der Waals surface area contributed by atoms with Gasteiger partial charge in [-0.1, -0.05) is 52.8 Å². The number of carbonyl (C=O) groups excluding carboxylic acids is 2. The Hall–Kier alpha value is -1.84. The molecule has 1 fully saturated rings. The summed E-state index contributed by atoms with van der Waals surface area (Å²) >= 11 is 0. The first-order valence-electron chi connectivity index (χ1n) is 8.89. The van der Waals surface area contributed by atoms with E-state index in [-0.39, 0.29) is 17.7 Å². The van der Waals surface area contributed by atoms with Crippen molar-refractivity contribution in [3.63, 3.8) is 0 Å². The minimum absolute atomic E-state index is 0.0227. The highest BCUT2D eigenvalue weighted by molar-refractivity contribution is 5.94. The number of para-hydroxylation sites is 1. The van der Waals surface area contributed by atoms with Gasteiger partial charge in [0.2, 0.25) is 11.8 Å². The number of likely N-dealkylation sites (tertiary alicyclic amines) is 1. The van der Waals surface area contributed by atoms with Crippen LogP contribution >= 0.6 is 0 Å². The van der Waals surface area contributed by atoms with Crippen LogP contribution in [0.3, 0.4) is 0 Å². The Balaban J connectivity index is 2.06. The average molecular weight is 330 g/mol. The third kappa shape index (κ3) is 4.37. The fourth-order valence-electron chi connectivity index (χ4n) is 3.20. The quantitative estimate of drug-likeness (QED) is 0.909. The first kappa shape index (κ1) is 18.5. The zero-order valence-electron chi connectivity index (χ0n) is 15.6. The van der Waals surface area contributed by atoms with Gasteiger partial charge in [0.25, 0.3) is 0 Å². The molecule has 0 bridgehead atoms. The van der Waals surface area contributed by atoms with Gasteiger partial charge in [-0.05, 0) is 30.4 Å². The van der Waals surface area contributed by atoms with Crippen molar-refractivity contribution in [3.8, 4) is 0 Å². The Labute approximate surface area is 145 Å². The molecular formula is C20H30N2O2. The number of piperidine rings is 1. The van der Waals surface area contributed by atoms with Crippen LogP contribution in [0, 0.1) is 11.3 Å². The van der Waals surface area contributed by atoms with Crippen molar-refractivity contribution >= 4 is 17.5 Å². The standard InChI is InChI=1S/C20H30N2O2/c1-14(2)16-10-6-7-11-17(16)21-18(23)15-9-8-12-22(13-15)19(24)20(3,4)5/h6-7,10-11,14-15H,8-9,12-13H2,1-5H3,(H,21,23)/t15-/m0/s1. The predicted octanol–water partition coefficient (Wildman–Crippen LogP) is 4.03. The van der Waals surface area contributed by atoms with E-state index in [1.54, 1.807) is 0 Å². The van der Waals surface area contributed by atoms with E-state index in [9.17, 15) is 9.59 Å². The van der Waals surface area contributed by atoms with Crippen LogP contribution in [0.1, 0.15) is 58.9 Å². The molecule has 4 nitrogen and oxygen atoms in total. The summed E-state index contributed by atoms with van der Waals surface area (Å²) < 4.78 is 0. The second-order valence-corrected chi connectivity index (χ2v) is 8.07. The number of anilines is 1. The van der Waals surface area contributed by atoms with E-state index in [2.05, 4.69) is 25.2 Å². The molecule has 4 heteroatoms. The highest BCUT2D eigenvalue weighted by atomic mass is 16.2. The molecular weight excluding hydrogens is 300 g/mol. The molecule has 0 saturated carbocycles. The highest BCUT2D eigenvalue weighted by Crippen LogP contribution is 2.27. The smallest absolute Gasteiger partial charge is 0.229 e. The molecule has 1 aliphatic heterocycles. The van der Waals surface area contributed by atoms with E-state index in [0.717, 1.165) is 30.6 Å². The van der Waals surface area contributed by atoms with Crippen LogP contribution in [0.25, 0.3) is 0 Å². The topological polar surface area (TPSA) is 49.4 Å². The highest BCUT2D eigenvalue weighted by Gasteiger charge is 2.33.